The summed E-state index contributed by atoms with van der Waals surface area (Å²) >= 11 is 0. The lowest BCUT2D eigenvalue weighted by atomic mass is 9.82. The highest BCUT2D eigenvalue weighted by Crippen LogP contribution is 2.63. The van der Waals surface area contributed by atoms with Crippen LogP contribution in [0.3, 0.4) is 0 Å². The third-order valence-corrected chi connectivity index (χ3v) is 9.87. The number of ether oxygens (including phenoxy) is 1. The second kappa shape index (κ2) is 13.1. The van der Waals surface area contributed by atoms with E-state index in [9.17, 15) is 19.5 Å². The number of hydrazone groups is 1. The zero-order chi connectivity index (χ0) is 31.5. The van der Waals surface area contributed by atoms with Gasteiger partial charge in [0, 0.05) is 11.6 Å². The van der Waals surface area contributed by atoms with Gasteiger partial charge < -0.3 is 15.2 Å². The standard InChI is InChI=1S/C36H47N3O5/c1-24(11-10-20-36(34(42)43)21-29(36)35(2,3)4)37-32(41)31(26-12-8-9-13-26)27-18-16-25(17-19-27)22-39-30(40)23-44-33(38-39)28-14-6-5-7-15-28/h5-7,14-19,24,26,29,31H,8-13,20-23H2,1-4H3,(H,37,41)(H,42,43). The Hall–Kier alpha value is -3.68. The van der Waals surface area contributed by atoms with Crippen molar-refractivity contribution in [1.82, 2.24) is 10.3 Å². The molecule has 2 saturated carbocycles. The number of hydrogen-bond acceptors (Lipinski definition) is 5. The first kappa shape index (κ1) is 31.7. The Balaban J connectivity index is 1.21. The molecular weight excluding hydrogens is 554 g/mol. The van der Waals surface area contributed by atoms with Crippen LogP contribution in [0.4, 0.5) is 0 Å². The Morgan fingerprint density at radius 3 is 2.39 bits per heavy atom. The van der Waals surface area contributed by atoms with Crippen molar-refractivity contribution in [3.8, 4) is 0 Å². The van der Waals surface area contributed by atoms with Gasteiger partial charge in [-0.25, -0.2) is 5.01 Å². The number of nitrogens with zero attached hydrogens (tertiary/aromatic N) is 2. The minimum Gasteiger partial charge on any atom is -0.481 e. The van der Waals surface area contributed by atoms with Gasteiger partial charge in [-0.05, 0) is 79.5 Å². The van der Waals surface area contributed by atoms with E-state index in [0.717, 1.165) is 61.6 Å². The van der Waals surface area contributed by atoms with Crippen LogP contribution in [0, 0.1) is 22.7 Å². The predicted octanol–water partition coefficient (Wildman–Crippen LogP) is 6.49. The van der Waals surface area contributed by atoms with Crippen molar-refractivity contribution < 1.29 is 24.2 Å². The summed E-state index contributed by atoms with van der Waals surface area (Å²) in [5.74, 6) is -0.146. The zero-order valence-electron chi connectivity index (χ0n) is 26.6. The number of rotatable bonds is 12. The Labute approximate surface area is 261 Å². The van der Waals surface area contributed by atoms with Gasteiger partial charge in [-0.3, -0.25) is 14.4 Å². The molecule has 1 aliphatic heterocycles. The Kier molecular flexibility index (Phi) is 9.47. The number of benzene rings is 2. The van der Waals surface area contributed by atoms with Crippen LogP contribution in [0.2, 0.25) is 0 Å². The Bertz CT molecular complexity index is 1360. The number of carbonyl (C=O) groups is 3. The molecule has 1 heterocycles. The topological polar surface area (TPSA) is 108 Å². The number of amides is 2. The highest BCUT2D eigenvalue weighted by molar-refractivity contribution is 5.97. The lowest BCUT2D eigenvalue weighted by Crippen LogP contribution is -2.38. The highest BCUT2D eigenvalue weighted by atomic mass is 16.5. The number of nitrogens with one attached hydrogen (secondary N) is 1. The number of carboxylic acid groups (broad SMARTS) is 1. The zero-order valence-corrected chi connectivity index (χ0v) is 26.6. The molecule has 0 saturated heterocycles. The van der Waals surface area contributed by atoms with Crippen molar-refractivity contribution in [1.29, 1.82) is 0 Å². The van der Waals surface area contributed by atoms with Crippen molar-refractivity contribution in [2.24, 2.45) is 27.8 Å². The number of carboxylic acids is 1. The normalized spacial score (nSPS) is 23.5. The number of aliphatic carboxylic acids is 1. The van der Waals surface area contributed by atoms with E-state index >= 15 is 0 Å². The number of hydrogen-bond donors (Lipinski definition) is 2. The van der Waals surface area contributed by atoms with Gasteiger partial charge >= 0.3 is 5.97 Å². The number of carbonyl (C=O) groups excluding carboxylic acids is 2. The lowest BCUT2D eigenvalue weighted by Gasteiger charge is -2.27. The summed E-state index contributed by atoms with van der Waals surface area (Å²) in [6.07, 6.45) is 7.26. The first-order chi connectivity index (χ1) is 21.0. The molecule has 2 aromatic rings. The van der Waals surface area contributed by atoms with Gasteiger partial charge in [0.05, 0.1) is 17.9 Å². The lowest BCUT2D eigenvalue weighted by molar-refractivity contribution is -0.145. The fourth-order valence-corrected chi connectivity index (χ4v) is 7.36. The van der Waals surface area contributed by atoms with E-state index in [4.69, 9.17) is 4.74 Å². The van der Waals surface area contributed by atoms with Gasteiger partial charge in [0.25, 0.3) is 5.91 Å². The van der Waals surface area contributed by atoms with Crippen LogP contribution in [0.5, 0.6) is 0 Å². The van der Waals surface area contributed by atoms with Crippen LogP contribution >= 0.6 is 0 Å². The average Bonchev–Trinajstić information content (AvgIpc) is 3.53. The summed E-state index contributed by atoms with van der Waals surface area (Å²) in [5, 5.41) is 19.1. The molecule has 2 N–H and O–H groups in total. The van der Waals surface area contributed by atoms with Gasteiger partial charge in [0.1, 0.15) is 0 Å². The molecule has 4 atom stereocenters. The van der Waals surface area contributed by atoms with Crippen LogP contribution < -0.4 is 5.32 Å². The largest absolute Gasteiger partial charge is 0.481 e. The van der Waals surface area contributed by atoms with Crippen molar-refractivity contribution in [2.75, 3.05) is 6.61 Å². The molecule has 2 amide bonds. The smallest absolute Gasteiger partial charge is 0.309 e. The first-order valence-corrected chi connectivity index (χ1v) is 16.2. The third kappa shape index (κ3) is 7.16. The van der Waals surface area contributed by atoms with Crippen LogP contribution in [-0.4, -0.2) is 46.4 Å². The molecule has 8 heteroatoms. The Morgan fingerprint density at radius 2 is 1.77 bits per heavy atom. The molecule has 3 aliphatic rings. The summed E-state index contributed by atoms with van der Waals surface area (Å²) in [7, 11) is 0. The van der Waals surface area contributed by atoms with E-state index in [0.29, 0.717) is 24.8 Å². The molecule has 0 aromatic heterocycles. The first-order valence-electron chi connectivity index (χ1n) is 16.2. The van der Waals surface area contributed by atoms with E-state index < -0.39 is 11.4 Å². The van der Waals surface area contributed by atoms with Gasteiger partial charge in [0.2, 0.25) is 11.8 Å². The molecule has 44 heavy (non-hydrogen) atoms. The fraction of sp³-hybridized carbons (Fsp3) is 0.556. The molecule has 8 nitrogen and oxygen atoms in total. The summed E-state index contributed by atoms with van der Waals surface area (Å²) in [6, 6.07) is 17.5. The molecule has 0 spiro atoms. The highest BCUT2D eigenvalue weighted by Gasteiger charge is 2.63. The molecule has 0 bridgehead atoms. The van der Waals surface area contributed by atoms with Gasteiger partial charge in [-0.2, -0.15) is 0 Å². The van der Waals surface area contributed by atoms with Gasteiger partial charge in [-0.1, -0.05) is 82.5 Å². The molecular formula is C36H47N3O5. The van der Waals surface area contributed by atoms with E-state index in [2.05, 4.69) is 31.2 Å². The van der Waals surface area contributed by atoms with Crippen molar-refractivity contribution in [3.63, 3.8) is 0 Å². The van der Waals surface area contributed by atoms with Crippen LogP contribution in [0.1, 0.15) is 102 Å². The summed E-state index contributed by atoms with van der Waals surface area (Å²) in [5.41, 5.74) is 2.11. The van der Waals surface area contributed by atoms with Gasteiger partial charge in [-0.15, -0.1) is 5.10 Å². The third-order valence-electron chi connectivity index (χ3n) is 9.87. The van der Waals surface area contributed by atoms with Crippen molar-refractivity contribution in [2.45, 2.75) is 97.6 Å². The summed E-state index contributed by atoms with van der Waals surface area (Å²) in [4.78, 5) is 38.4. The molecule has 2 aromatic carbocycles. The summed E-state index contributed by atoms with van der Waals surface area (Å²) in [6.45, 7) is 8.67. The monoisotopic (exact) mass is 601 g/mol. The minimum absolute atomic E-state index is 0.0156. The van der Waals surface area contributed by atoms with Crippen molar-refractivity contribution >= 4 is 23.7 Å². The molecule has 2 aliphatic carbocycles. The van der Waals surface area contributed by atoms with Crippen molar-refractivity contribution in [3.05, 3.63) is 71.3 Å². The molecule has 0 radical (unpaired) electrons. The maximum absolute atomic E-state index is 13.7. The molecule has 2 fully saturated rings. The van der Waals surface area contributed by atoms with Crippen LogP contribution in [0.25, 0.3) is 0 Å². The maximum Gasteiger partial charge on any atom is 0.309 e. The van der Waals surface area contributed by atoms with E-state index in [1.165, 1.54) is 5.01 Å². The van der Waals surface area contributed by atoms with Crippen LogP contribution in [0.15, 0.2) is 59.7 Å². The molecule has 236 valence electrons. The fourth-order valence-electron chi connectivity index (χ4n) is 7.36. The van der Waals surface area contributed by atoms with E-state index in [-0.39, 0.29) is 41.7 Å². The SMILES string of the molecule is CC(CCCC1(C(=O)O)CC1C(C)(C)C)NC(=O)C(c1ccc(CN2N=C(c3ccccc3)OCC2=O)cc1)C1CCCC1. The van der Waals surface area contributed by atoms with E-state index in [1.54, 1.807) is 0 Å². The minimum atomic E-state index is -0.680. The maximum atomic E-state index is 13.7. The quantitative estimate of drug-likeness (QED) is 0.289. The molecule has 4 unspecified atom stereocenters. The average molecular weight is 602 g/mol. The van der Waals surface area contributed by atoms with Gasteiger partial charge in [0.15, 0.2) is 6.61 Å². The molecule has 5 rings (SSSR count). The predicted molar refractivity (Wildman–Crippen MR) is 170 cm³/mol. The Morgan fingerprint density at radius 1 is 1.09 bits per heavy atom. The second-order valence-electron chi connectivity index (χ2n) is 14.2. The second-order valence-corrected chi connectivity index (χ2v) is 14.2. The van der Waals surface area contributed by atoms with Crippen LogP contribution in [-0.2, 0) is 25.7 Å². The summed E-state index contributed by atoms with van der Waals surface area (Å²) < 4.78 is 5.57. The van der Waals surface area contributed by atoms with E-state index in [1.807, 2.05) is 61.5 Å².